The number of hydrogen-bond acceptors (Lipinski definition) is 4. The summed E-state index contributed by atoms with van der Waals surface area (Å²) >= 11 is 0. The number of nitrogens with zero attached hydrogens (tertiary/aromatic N) is 1. The lowest BCUT2D eigenvalue weighted by Gasteiger charge is -2.63. The highest BCUT2D eigenvalue weighted by Gasteiger charge is 2.85. The molecule has 2 unspecified atom stereocenters. The number of likely N-dealkylation sites (N-methyl/N-ethyl adjacent to an activating group) is 1. The molecule has 6 heteroatoms. The Morgan fingerprint density at radius 2 is 2.03 bits per heavy atom. The van der Waals surface area contributed by atoms with Crippen molar-refractivity contribution in [1.29, 1.82) is 0 Å². The first-order valence-corrected chi connectivity index (χ1v) is 11.7. The van der Waals surface area contributed by atoms with E-state index in [4.69, 9.17) is 15.2 Å². The predicted octanol–water partition coefficient (Wildman–Crippen LogP) is 2.36. The minimum absolute atomic E-state index is 0.149. The zero-order valence-electron chi connectivity index (χ0n) is 18.8. The standard InChI is InChI=1S/C25H32N2O4/c1-27(12-15-4-5-15)14-23-10-16-6-7-18(21(26)29)20(30-2)19(16)24(13-23)11-17(28)8-9-25(24,31-3)22(23)27/h6-7,15,22H,4-5,8-14H2,1-3H3,(H-,26,29)/p+1/t22-,23?,24+,25-,27?/m1/s1. The molecule has 1 aromatic carbocycles. The molecule has 4 fully saturated rings. The van der Waals surface area contributed by atoms with Crippen molar-refractivity contribution in [3.8, 4) is 5.75 Å². The molecule has 1 aliphatic heterocycles. The highest BCUT2D eigenvalue weighted by molar-refractivity contribution is 5.97. The third-order valence-electron chi connectivity index (χ3n) is 9.53. The van der Waals surface area contributed by atoms with E-state index in [0.29, 0.717) is 36.0 Å². The van der Waals surface area contributed by atoms with Crippen LogP contribution < -0.4 is 10.5 Å². The monoisotopic (exact) mass is 425 g/mol. The number of nitrogens with two attached hydrogens (primary N) is 1. The van der Waals surface area contributed by atoms with E-state index in [1.807, 2.05) is 13.2 Å². The van der Waals surface area contributed by atoms with E-state index in [9.17, 15) is 9.59 Å². The molecule has 3 saturated carbocycles. The van der Waals surface area contributed by atoms with Crippen LogP contribution in [0.25, 0.3) is 0 Å². The third kappa shape index (κ3) is 2.20. The van der Waals surface area contributed by atoms with Crippen molar-refractivity contribution in [1.82, 2.24) is 0 Å². The minimum Gasteiger partial charge on any atom is -0.496 e. The van der Waals surface area contributed by atoms with E-state index in [0.717, 1.165) is 41.8 Å². The maximum Gasteiger partial charge on any atom is 0.252 e. The normalized spacial score (nSPS) is 42.3. The van der Waals surface area contributed by atoms with Crippen LogP contribution in [0.1, 0.15) is 60.0 Å². The number of ketones is 1. The quantitative estimate of drug-likeness (QED) is 0.735. The van der Waals surface area contributed by atoms with Gasteiger partial charge in [0.15, 0.2) is 0 Å². The molecule has 1 amide bonds. The van der Waals surface area contributed by atoms with Crippen LogP contribution in [-0.4, -0.2) is 62.2 Å². The van der Waals surface area contributed by atoms with Crippen LogP contribution in [0.15, 0.2) is 12.1 Å². The largest absolute Gasteiger partial charge is 0.496 e. The molecule has 1 heterocycles. The first kappa shape index (κ1) is 19.7. The third-order valence-corrected chi connectivity index (χ3v) is 9.53. The number of quaternary nitrogens is 1. The van der Waals surface area contributed by atoms with E-state index < -0.39 is 16.9 Å². The zero-order chi connectivity index (χ0) is 21.8. The summed E-state index contributed by atoms with van der Waals surface area (Å²) in [6.07, 6.45) is 6.36. The molecule has 0 radical (unpaired) electrons. The lowest BCUT2D eigenvalue weighted by molar-refractivity contribution is -0.999. The van der Waals surface area contributed by atoms with Gasteiger partial charge in [-0.2, -0.15) is 0 Å². The smallest absolute Gasteiger partial charge is 0.252 e. The summed E-state index contributed by atoms with van der Waals surface area (Å²) in [6.45, 7) is 2.36. The second-order valence-corrected chi connectivity index (χ2v) is 11.3. The second kappa shape index (κ2) is 5.90. The van der Waals surface area contributed by atoms with E-state index in [2.05, 4.69) is 13.1 Å². The molecule has 5 aliphatic rings. The SMILES string of the molecule is COc1c(C(N)=O)ccc2c1[C@@]13CC(=O)CC[C@@]1(OC)[C@H]1C(C2)(C3)C[N+]1(C)CC1CC1. The molecule has 31 heavy (non-hydrogen) atoms. The first-order chi connectivity index (χ1) is 14.7. The Morgan fingerprint density at radius 1 is 1.26 bits per heavy atom. The van der Waals surface area contributed by atoms with Crippen molar-refractivity contribution in [3.63, 3.8) is 0 Å². The fourth-order valence-electron chi connectivity index (χ4n) is 9.10. The minimum atomic E-state index is -0.489. The van der Waals surface area contributed by atoms with Gasteiger partial charge < -0.3 is 19.7 Å². The lowest BCUT2D eigenvalue weighted by Crippen LogP contribution is -2.79. The Kier molecular flexibility index (Phi) is 3.76. The summed E-state index contributed by atoms with van der Waals surface area (Å²) < 4.78 is 13.5. The van der Waals surface area contributed by atoms with Gasteiger partial charge in [0.25, 0.3) is 5.91 Å². The number of rotatable bonds is 5. The number of amides is 1. The summed E-state index contributed by atoms with van der Waals surface area (Å²) in [5.41, 5.74) is 7.65. The van der Waals surface area contributed by atoms with Gasteiger partial charge in [0.05, 0.1) is 38.2 Å². The second-order valence-electron chi connectivity index (χ2n) is 11.3. The molecule has 2 spiro atoms. The highest BCUT2D eigenvalue weighted by Crippen LogP contribution is 2.75. The van der Waals surface area contributed by atoms with Gasteiger partial charge in [-0.1, -0.05) is 6.07 Å². The average molecular weight is 426 g/mol. The van der Waals surface area contributed by atoms with Crippen molar-refractivity contribution >= 4 is 11.7 Å². The summed E-state index contributed by atoms with van der Waals surface area (Å²) in [4.78, 5) is 25.2. The lowest BCUT2D eigenvalue weighted by atomic mass is 9.57. The molecule has 5 atom stereocenters. The Labute approximate surface area is 183 Å². The van der Waals surface area contributed by atoms with E-state index in [1.54, 1.807) is 7.11 Å². The Hall–Kier alpha value is -1.92. The van der Waals surface area contributed by atoms with Crippen molar-refractivity contribution in [2.24, 2.45) is 17.1 Å². The summed E-state index contributed by atoms with van der Waals surface area (Å²) in [5.74, 6) is 1.20. The van der Waals surface area contributed by atoms with Crippen LogP contribution >= 0.6 is 0 Å². The van der Waals surface area contributed by atoms with Gasteiger partial charge in [-0.05, 0) is 43.7 Å². The number of Topliss-reactive ketones (excluding diaryl/α,β-unsaturated/α-hetero) is 1. The number of fused-ring (bicyclic) bond motifs is 2. The molecule has 6 rings (SSSR count). The summed E-state index contributed by atoms with van der Waals surface area (Å²) in [5, 5.41) is 0. The van der Waals surface area contributed by atoms with Crippen molar-refractivity contribution in [2.45, 2.75) is 62.0 Å². The molecule has 2 N–H and O–H groups in total. The zero-order valence-corrected chi connectivity index (χ0v) is 18.8. The van der Waals surface area contributed by atoms with Gasteiger partial charge in [0.1, 0.15) is 23.2 Å². The van der Waals surface area contributed by atoms with Crippen LogP contribution in [-0.2, 0) is 21.4 Å². The van der Waals surface area contributed by atoms with Crippen molar-refractivity contribution in [2.75, 3.05) is 34.4 Å². The molecule has 6 nitrogen and oxygen atoms in total. The fourth-order valence-corrected chi connectivity index (χ4v) is 9.10. The van der Waals surface area contributed by atoms with Gasteiger partial charge in [-0.3, -0.25) is 9.59 Å². The fraction of sp³-hybridized carbons (Fsp3) is 0.680. The average Bonchev–Trinajstić information content (AvgIpc) is 3.49. The molecular weight excluding hydrogens is 392 g/mol. The van der Waals surface area contributed by atoms with Crippen molar-refractivity contribution < 1.29 is 23.5 Å². The van der Waals surface area contributed by atoms with Crippen LogP contribution in [0.4, 0.5) is 0 Å². The van der Waals surface area contributed by atoms with E-state index in [1.165, 1.54) is 24.9 Å². The number of primary amides is 1. The Balaban J connectivity index is 1.61. The van der Waals surface area contributed by atoms with Crippen LogP contribution in [0.5, 0.6) is 5.75 Å². The molecule has 2 bridgehead atoms. The molecule has 0 aromatic heterocycles. The maximum absolute atomic E-state index is 13.0. The van der Waals surface area contributed by atoms with Gasteiger partial charge in [0.2, 0.25) is 0 Å². The molecule has 1 saturated heterocycles. The number of carbonyl (C=O) groups is 2. The van der Waals surface area contributed by atoms with Gasteiger partial charge >= 0.3 is 0 Å². The highest BCUT2D eigenvalue weighted by atomic mass is 16.5. The van der Waals surface area contributed by atoms with Crippen LogP contribution in [0.3, 0.4) is 0 Å². The van der Waals surface area contributed by atoms with Gasteiger partial charge in [0, 0.05) is 36.8 Å². The number of hydrogen-bond donors (Lipinski definition) is 1. The van der Waals surface area contributed by atoms with Crippen molar-refractivity contribution in [3.05, 3.63) is 28.8 Å². The molecule has 1 aromatic rings. The van der Waals surface area contributed by atoms with E-state index in [-0.39, 0.29) is 5.41 Å². The molecule has 4 aliphatic carbocycles. The van der Waals surface area contributed by atoms with Crippen LogP contribution in [0.2, 0.25) is 0 Å². The summed E-state index contributed by atoms with van der Waals surface area (Å²) in [6, 6.07) is 4.24. The number of methoxy groups -OCH3 is 2. The molecular formula is C25H33N2O4+. The van der Waals surface area contributed by atoms with Gasteiger partial charge in [-0.15, -0.1) is 0 Å². The topological polar surface area (TPSA) is 78.6 Å². The Morgan fingerprint density at radius 3 is 2.68 bits per heavy atom. The van der Waals surface area contributed by atoms with Gasteiger partial charge in [-0.25, -0.2) is 0 Å². The van der Waals surface area contributed by atoms with Crippen LogP contribution in [0, 0.1) is 11.3 Å². The number of likely N-dealkylation sites (tertiary alicyclic amines) is 1. The first-order valence-electron chi connectivity index (χ1n) is 11.7. The summed E-state index contributed by atoms with van der Waals surface area (Å²) in [7, 11) is 5.87. The Bertz CT molecular complexity index is 1020. The predicted molar refractivity (Wildman–Crippen MR) is 115 cm³/mol. The number of ether oxygens (including phenoxy) is 2. The number of benzene rings is 1. The number of carbonyl (C=O) groups excluding carboxylic acids is 2. The van der Waals surface area contributed by atoms with E-state index >= 15 is 0 Å². The molecule has 166 valence electrons. The maximum atomic E-state index is 13.0.